The van der Waals surface area contributed by atoms with Gasteiger partial charge in [-0.1, -0.05) is 12.1 Å². The first kappa shape index (κ1) is 19.0. The van der Waals surface area contributed by atoms with Crippen molar-refractivity contribution in [1.82, 2.24) is 4.98 Å². The van der Waals surface area contributed by atoms with Crippen LogP contribution < -0.4 is 24.8 Å². The van der Waals surface area contributed by atoms with Crippen molar-refractivity contribution >= 4 is 23.1 Å². The fraction of sp³-hybridized carbons (Fsp3) is 0.143. The molecule has 0 unspecified atom stereocenters. The molecule has 2 N–H and O–H groups in total. The third-order valence-electron chi connectivity index (χ3n) is 4.05. The van der Waals surface area contributed by atoms with Crippen molar-refractivity contribution in [3.8, 4) is 17.2 Å². The van der Waals surface area contributed by atoms with Crippen molar-refractivity contribution in [1.29, 1.82) is 0 Å². The summed E-state index contributed by atoms with van der Waals surface area (Å²) in [6, 6.07) is 15.9. The van der Waals surface area contributed by atoms with Gasteiger partial charge in [-0.15, -0.1) is 0 Å². The van der Waals surface area contributed by atoms with Crippen LogP contribution in [0.2, 0.25) is 0 Å². The van der Waals surface area contributed by atoms with E-state index in [0.717, 1.165) is 0 Å². The van der Waals surface area contributed by atoms with Gasteiger partial charge in [0.25, 0.3) is 5.91 Å². The fourth-order valence-corrected chi connectivity index (χ4v) is 2.62. The molecule has 3 aromatic rings. The highest BCUT2D eigenvalue weighted by molar-refractivity contribution is 6.05. The number of rotatable bonds is 7. The largest absolute Gasteiger partial charge is 0.497 e. The molecule has 0 saturated heterocycles. The number of nitrogens with zero attached hydrogens (tertiary/aromatic N) is 1. The van der Waals surface area contributed by atoms with Gasteiger partial charge in [0.2, 0.25) is 0 Å². The monoisotopic (exact) mass is 379 g/mol. The molecule has 0 aliphatic carbocycles. The molecule has 1 heterocycles. The van der Waals surface area contributed by atoms with Gasteiger partial charge in [-0.25, -0.2) is 4.98 Å². The van der Waals surface area contributed by atoms with Crippen molar-refractivity contribution in [3.05, 3.63) is 66.4 Å². The molecular formula is C21H21N3O4. The summed E-state index contributed by atoms with van der Waals surface area (Å²) < 4.78 is 15.8. The van der Waals surface area contributed by atoms with Crippen LogP contribution in [0.5, 0.6) is 17.2 Å². The first-order valence-electron chi connectivity index (χ1n) is 8.54. The number of hydrogen-bond donors (Lipinski definition) is 2. The molecule has 28 heavy (non-hydrogen) atoms. The third-order valence-corrected chi connectivity index (χ3v) is 4.05. The Hall–Kier alpha value is -3.74. The summed E-state index contributed by atoms with van der Waals surface area (Å²) in [4.78, 5) is 16.9. The maximum atomic E-state index is 12.6. The van der Waals surface area contributed by atoms with Crippen LogP contribution in [-0.2, 0) is 0 Å². The second-order valence-corrected chi connectivity index (χ2v) is 5.78. The van der Waals surface area contributed by atoms with E-state index in [9.17, 15) is 4.79 Å². The zero-order chi connectivity index (χ0) is 19.9. The molecule has 3 rings (SSSR count). The number of hydrogen-bond acceptors (Lipinski definition) is 6. The molecule has 2 aromatic carbocycles. The molecule has 1 amide bonds. The van der Waals surface area contributed by atoms with Crippen LogP contribution >= 0.6 is 0 Å². The number of aromatic nitrogens is 1. The number of carbonyl (C=O) groups excluding carboxylic acids is 1. The molecule has 7 nitrogen and oxygen atoms in total. The topological polar surface area (TPSA) is 81.7 Å². The molecule has 0 bridgehead atoms. The van der Waals surface area contributed by atoms with Gasteiger partial charge in [0.1, 0.15) is 23.1 Å². The lowest BCUT2D eigenvalue weighted by atomic mass is 10.2. The van der Waals surface area contributed by atoms with E-state index in [2.05, 4.69) is 15.6 Å². The average Bonchev–Trinajstić information content (AvgIpc) is 2.74. The Morgan fingerprint density at radius 2 is 1.64 bits per heavy atom. The van der Waals surface area contributed by atoms with Crippen LogP contribution in [0, 0.1) is 0 Å². The van der Waals surface area contributed by atoms with Crippen LogP contribution in [0.25, 0.3) is 0 Å². The molecule has 144 valence electrons. The van der Waals surface area contributed by atoms with Crippen LogP contribution in [0.1, 0.15) is 10.4 Å². The Bertz CT molecular complexity index is 975. The van der Waals surface area contributed by atoms with E-state index in [1.54, 1.807) is 57.9 Å². The molecule has 0 saturated carbocycles. The number of pyridine rings is 1. The number of methoxy groups -OCH3 is 3. The molecule has 0 aliphatic rings. The number of carbonyl (C=O) groups is 1. The lowest BCUT2D eigenvalue weighted by Gasteiger charge is -2.13. The van der Waals surface area contributed by atoms with E-state index in [1.807, 2.05) is 24.3 Å². The highest BCUT2D eigenvalue weighted by atomic mass is 16.5. The highest BCUT2D eigenvalue weighted by Gasteiger charge is 2.12. The van der Waals surface area contributed by atoms with E-state index in [4.69, 9.17) is 14.2 Å². The predicted molar refractivity (Wildman–Crippen MR) is 108 cm³/mol. The summed E-state index contributed by atoms with van der Waals surface area (Å²) in [5.41, 5.74) is 1.76. The molecule has 0 aliphatic heterocycles. The number of amides is 1. The smallest absolute Gasteiger partial charge is 0.255 e. The molecule has 0 atom stereocenters. The first-order valence-corrected chi connectivity index (χ1v) is 8.54. The number of ether oxygens (including phenoxy) is 3. The van der Waals surface area contributed by atoms with Crippen LogP contribution in [0.3, 0.4) is 0 Å². The van der Waals surface area contributed by atoms with E-state index < -0.39 is 0 Å². The molecule has 7 heteroatoms. The van der Waals surface area contributed by atoms with Crippen molar-refractivity contribution in [2.45, 2.75) is 0 Å². The van der Waals surface area contributed by atoms with Gasteiger partial charge in [0, 0.05) is 17.8 Å². The Morgan fingerprint density at radius 3 is 2.39 bits per heavy atom. The minimum atomic E-state index is -0.267. The zero-order valence-corrected chi connectivity index (χ0v) is 15.9. The summed E-state index contributed by atoms with van der Waals surface area (Å²) in [7, 11) is 4.72. The first-order chi connectivity index (χ1) is 13.6. The van der Waals surface area contributed by atoms with Gasteiger partial charge < -0.3 is 24.8 Å². The Kier molecular flexibility index (Phi) is 5.96. The second-order valence-electron chi connectivity index (χ2n) is 5.78. The van der Waals surface area contributed by atoms with E-state index in [0.29, 0.717) is 40.0 Å². The standard InChI is InChI=1S/C21H21N3O4/c1-26-15-8-9-17(19(13-15)28-3)23-20-12-14(10-11-22-20)21(25)24-16-6-4-5-7-18(16)27-2/h4-13H,1-3H3,(H,22,23)(H,24,25). The fourth-order valence-electron chi connectivity index (χ4n) is 2.62. The third kappa shape index (κ3) is 4.32. The zero-order valence-electron chi connectivity index (χ0n) is 15.9. The summed E-state index contributed by atoms with van der Waals surface area (Å²) in [5, 5.41) is 6.01. The van der Waals surface area contributed by atoms with Crippen molar-refractivity contribution in [3.63, 3.8) is 0 Å². The van der Waals surface area contributed by atoms with Crippen molar-refractivity contribution in [2.24, 2.45) is 0 Å². The quantitative estimate of drug-likeness (QED) is 0.643. The van der Waals surface area contributed by atoms with Crippen molar-refractivity contribution in [2.75, 3.05) is 32.0 Å². The van der Waals surface area contributed by atoms with Gasteiger partial charge in [-0.05, 0) is 36.4 Å². The van der Waals surface area contributed by atoms with E-state index in [1.165, 1.54) is 0 Å². The minimum Gasteiger partial charge on any atom is -0.497 e. The molecule has 0 radical (unpaired) electrons. The van der Waals surface area contributed by atoms with Gasteiger partial charge in [-0.3, -0.25) is 4.79 Å². The maximum Gasteiger partial charge on any atom is 0.255 e. The Balaban J connectivity index is 1.80. The number of nitrogens with one attached hydrogen (secondary N) is 2. The van der Waals surface area contributed by atoms with E-state index in [-0.39, 0.29) is 5.91 Å². The second kappa shape index (κ2) is 8.77. The average molecular weight is 379 g/mol. The summed E-state index contributed by atoms with van der Waals surface area (Å²) in [5.74, 6) is 2.12. The Morgan fingerprint density at radius 1 is 0.857 bits per heavy atom. The SMILES string of the molecule is COc1ccc(Nc2cc(C(=O)Nc3ccccc3OC)ccn2)c(OC)c1. The number of anilines is 3. The number of para-hydroxylation sites is 2. The summed E-state index contributed by atoms with van der Waals surface area (Å²) in [6.45, 7) is 0. The minimum absolute atomic E-state index is 0.267. The predicted octanol–water partition coefficient (Wildman–Crippen LogP) is 4.10. The van der Waals surface area contributed by atoms with Gasteiger partial charge in [-0.2, -0.15) is 0 Å². The van der Waals surface area contributed by atoms with Gasteiger partial charge in [0.05, 0.1) is 32.7 Å². The number of benzene rings is 2. The summed E-state index contributed by atoms with van der Waals surface area (Å²) >= 11 is 0. The van der Waals surface area contributed by atoms with Gasteiger partial charge >= 0.3 is 0 Å². The van der Waals surface area contributed by atoms with Crippen LogP contribution in [-0.4, -0.2) is 32.2 Å². The molecule has 0 fully saturated rings. The lowest BCUT2D eigenvalue weighted by molar-refractivity contribution is 0.102. The van der Waals surface area contributed by atoms with Gasteiger partial charge in [0.15, 0.2) is 0 Å². The lowest BCUT2D eigenvalue weighted by Crippen LogP contribution is -2.13. The molecule has 0 spiro atoms. The van der Waals surface area contributed by atoms with Crippen LogP contribution in [0.15, 0.2) is 60.8 Å². The van der Waals surface area contributed by atoms with Crippen LogP contribution in [0.4, 0.5) is 17.2 Å². The Labute approximate surface area is 163 Å². The maximum absolute atomic E-state index is 12.6. The highest BCUT2D eigenvalue weighted by Crippen LogP contribution is 2.31. The molecule has 1 aromatic heterocycles. The normalized spacial score (nSPS) is 10.1. The van der Waals surface area contributed by atoms with Crippen molar-refractivity contribution < 1.29 is 19.0 Å². The van der Waals surface area contributed by atoms with E-state index >= 15 is 0 Å². The summed E-state index contributed by atoms with van der Waals surface area (Å²) in [6.07, 6.45) is 1.56. The molecular weight excluding hydrogens is 358 g/mol.